The van der Waals surface area contributed by atoms with Crippen molar-refractivity contribution in [3.63, 3.8) is 0 Å². The van der Waals surface area contributed by atoms with E-state index in [2.05, 4.69) is 47.2 Å². The largest absolute Gasteiger partial charge is 0.316 e. The Bertz CT molecular complexity index is 331. The van der Waals surface area contributed by atoms with E-state index < -0.39 is 0 Å². The van der Waals surface area contributed by atoms with Crippen LogP contribution in [0.1, 0.15) is 23.1 Å². The molecule has 1 unspecified atom stereocenters. The SMILES string of the molecule is Cc1cc(CC2CCNC2)cc(Br)c1C. The van der Waals surface area contributed by atoms with Crippen molar-refractivity contribution in [1.82, 2.24) is 5.32 Å². The van der Waals surface area contributed by atoms with E-state index in [9.17, 15) is 0 Å². The lowest BCUT2D eigenvalue weighted by molar-refractivity contribution is 0.580. The summed E-state index contributed by atoms with van der Waals surface area (Å²) in [4.78, 5) is 0. The Morgan fingerprint density at radius 1 is 1.40 bits per heavy atom. The average Bonchev–Trinajstić information content (AvgIpc) is 2.66. The fourth-order valence-corrected chi connectivity index (χ4v) is 2.83. The predicted octanol–water partition coefficient (Wildman–Crippen LogP) is 3.22. The zero-order valence-electron chi connectivity index (χ0n) is 9.44. The van der Waals surface area contributed by atoms with Gasteiger partial charge in [0.15, 0.2) is 0 Å². The molecule has 82 valence electrons. The maximum Gasteiger partial charge on any atom is 0.0209 e. The second-order valence-electron chi connectivity index (χ2n) is 4.58. The smallest absolute Gasteiger partial charge is 0.0209 e. The van der Waals surface area contributed by atoms with Gasteiger partial charge >= 0.3 is 0 Å². The van der Waals surface area contributed by atoms with Gasteiger partial charge in [0, 0.05) is 4.47 Å². The van der Waals surface area contributed by atoms with Gasteiger partial charge in [-0.3, -0.25) is 0 Å². The first-order chi connectivity index (χ1) is 7.16. The first-order valence-electron chi connectivity index (χ1n) is 5.63. The molecule has 0 amide bonds. The van der Waals surface area contributed by atoms with Crippen LogP contribution < -0.4 is 5.32 Å². The Kier molecular flexibility index (Phi) is 3.47. The van der Waals surface area contributed by atoms with Gasteiger partial charge in [-0.05, 0) is 68.5 Å². The molecule has 0 aromatic heterocycles. The number of benzene rings is 1. The monoisotopic (exact) mass is 267 g/mol. The van der Waals surface area contributed by atoms with Gasteiger partial charge in [-0.25, -0.2) is 0 Å². The molecule has 1 N–H and O–H groups in total. The van der Waals surface area contributed by atoms with Gasteiger partial charge < -0.3 is 5.32 Å². The first-order valence-corrected chi connectivity index (χ1v) is 6.42. The Balaban J connectivity index is 2.14. The number of halogens is 1. The Labute approximate surface area is 100 Å². The average molecular weight is 268 g/mol. The molecule has 0 radical (unpaired) electrons. The van der Waals surface area contributed by atoms with Crippen LogP contribution in [-0.2, 0) is 6.42 Å². The molecule has 2 rings (SSSR count). The van der Waals surface area contributed by atoms with Gasteiger partial charge in [0.05, 0.1) is 0 Å². The van der Waals surface area contributed by atoms with Crippen molar-refractivity contribution in [1.29, 1.82) is 0 Å². The van der Waals surface area contributed by atoms with Crippen LogP contribution in [0, 0.1) is 19.8 Å². The van der Waals surface area contributed by atoms with Crippen LogP contribution in [0.15, 0.2) is 16.6 Å². The summed E-state index contributed by atoms with van der Waals surface area (Å²) in [6.45, 7) is 6.73. The molecule has 1 atom stereocenters. The number of aryl methyl sites for hydroxylation is 1. The van der Waals surface area contributed by atoms with Crippen molar-refractivity contribution in [2.24, 2.45) is 5.92 Å². The van der Waals surface area contributed by atoms with E-state index in [0.29, 0.717) is 0 Å². The number of hydrogen-bond acceptors (Lipinski definition) is 1. The summed E-state index contributed by atoms with van der Waals surface area (Å²) in [5.74, 6) is 0.832. The second kappa shape index (κ2) is 4.67. The summed E-state index contributed by atoms with van der Waals surface area (Å²) in [7, 11) is 0. The van der Waals surface area contributed by atoms with Gasteiger partial charge in [-0.1, -0.05) is 22.0 Å². The molecule has 15 heavy (non-hydrogen) atoms. The maximum absolute atomic E-state index is 3.63. The molecule has 2 heteroatoms. The van der Waals surface area contributed by atoms with Crippen LogP contribution in [-0.4, -0.2) is 13.1 Å². The fourth-order valence-electron chi connectivity index (χ4n) is 2.23. The zero-order chi connectivity index (χ0) is 10.8. The maximum atomic E-state index is 3.63. The van der Waals surface area contributed by atoms with Crippen LogP contribution in [0.25, 0.3) is 0 Å². The first kappa shape index (κ1) is 11.2. The van der Waals surface area contributed by atoms with E-state index in [0.717, 1.165) is 5.92 Å². The zero-order valence-corrected chi connectivity index (χ0v) is 11.0. The molecule has 1 aromatic carbocycles. The normalized spacial score (nSPS) is 20.9. The lowest BCUT2D eigenvalue weighted by Gasteiger charge is -2.11. The molecule has 0 aliphatic carbocycles. The van der Waals surface area contributed by atoms with Crippen molar-refractivity contribution in [3.05, 3.63) is 33.3 Å². The molecule has 0 bridgehead atoms. The molecule has 0 spiro atoms. The van der Waals surface area contributed by atoms with E-state index in [1.807, 2.05) is 0 Å². The van der Waals surface area contributed by atoms with Crippen LogP contribution in [0.5, 0.6) is 0 Å². The van der Waals surface area contributed by atoms with Crippen LogP contribution >= 0.6 is 15.9 Å². The Morgan fingerprint density at radius 2 is 2.20 bits per heavy atom. The van der Waals surface area contributed by atoms with Gasteiger partial charge in [0.1, 0.15) is 0 Å². The quantitative estimate of drug-likeness (QED) is 0.868. The predicted molar refractivity (Wildman–Crippen MR) is 68.3 cm³/mol. The minimum absolute atomic E-state index is 0.832. The van der Waals surface area contributed by atoms with Crippen LogP contribution in [0.3, 0.4) is 0 Å². The second-order valence-corrected chi connectivity index (χ2v) is 5.44. The molecule has 1 saturated heterocycles. The summed E-state index contributed by atoms with van der Waals surface area (Å²) in [6, 6.07) is 4.61. The Hall–Kier alpha value is -0.340. The van der Waals surface area contributed by atoms with Crippen LogP contribution in [0.2, 0.25) is 0 Å². The summed E-state index contributed by atoms with van der Waals surface area (Å²) < 4.78 is 1.25. The van der Waals surface area contributed by atoms with Gasteiger partial charge in [-0.15, -0.1) is 0 Å². The van der Waals surface area contributed by atoms with Gasteiger partial charge in [0.2, 0.25) is 0 Å². The lowest BCUT2D eigenvalue weighted by atomic mass is 9.96. The van der Waals surface area contributed by atoms with Crippen molar-refractivity contribution in [3.8, 4) is 0 Å². The third-order valence-electron chi connectivity index (χ3n) is 3.35. The summed E-state index contributed by atoms with van der Waals surface area (Å²) in [6.07, 6.45) is 2.54. The molecule has 1 aromatic rings. The molecular formula is C13H18BrN. The van der Waals surface area contributed by atoms with E-state index >= 15 is 0 Å². The molecule has 1 aliphatic rings. The molecule has 1 nitrogen and oxygen atoms in total. The van der Waals surface area contributed by atoms with Crippen molar-refractivity contribution in [2.75, 3.05) is 13.1 Å². The van der Waals surface area contributed by atoms with E-state index in [4.69, 9.17) is 0 Å². The molecule has 1 heterocycles. The third kappa shape index (κ3) is 2.61. The van der Waals surface area contributed by atoms with Gasteiger partial charge in [0.25, 0.3) is 0 Å². The molecular weight excluding hydrogens is 250 g/mol. The highest BCUT2D eigenvalue weighted by molar-refractivity contribution is 9.10. The Morgan fingerprint density at radius 3 is 2.80 bits per heavy atom. The highest BCUT2D eigenvalue weighted by Gasteiger charge is 2.15. The fraction of sp³-hybridized carbons (Fsp3) is 0.538. The summed E-state index contributed by atoms with van der Waals surface area (Å²) >= 11 is 3.63. The molecule has 0 saturated carbocycles. The van der Waals surface area contributed by atoms with E-state index in [1.165, 1.54) is 47.1 Å². The number of rotatable bonds is 2. The van der Waals surface area contributed by atoms with Gasteiger partial charge in [-0.2, -0.15) is 0 Å². The minimum atomic E-state index is 0.832. The third-order valence-corrected chi connectivity index (χ3v) is 4.17. The summed E-state index contributed by atoms with van der Waals surface area (Å²) in [5, 5.41) is 3.42. The highest BCUT2D eigenvalue weighted by atomic mass is 79.9. The molecule has 1 aliphatic heterocycles. The number of hydrogen-bond donors (Lipinski definition) is 1. The van der Waals surface area contributed by atoms with E-state index in [1.54, 1.807) is 0 Å². The lowest BCUT2D eigenvalue weighted by Crippen LogP contribution is -2.10. The van der Waals surface area contributed by atoms with Crippen molar-refractivity contribution < 1.29 is 0 Å². The standard InChI is InChI=1S/C13H18BrN/c1-9-5-12(7-13(14)10(9)2)6-11-3-4-15-8-11/h5,7,11,15H,3-4,6,8H2,1-2H3. The minimum Gasteiger partial charge on any atom is -0.316 e. The molecule has 1 fully saturated rings. The van der Waals surface area contributed by atoms with Crippen molar-refractivity contribution >= 4 is 15.9 Å². The number of nitrogens with one attached hydrogen (secondary N) is 1. The highest BCUT2D eigenvalue weighted by Crippen LogP contribution is 2.24. The summed E-state index contributed by atoms with van der Waals surface area (Å²) in [5.41, 5.74) is 4.23. The van der Waals surface area contributed by atoms with Crippen molar-refractivity contribution in [2.45, 2.75) is 26.7 Å². The topological polar surface area (TPSA) is 12.0 Å². The van der Waals surface area contributed by atoms with E-state index in [-0.39, 0.29) is 0 Å². The van der Waals surface area contributed by atoms with Crippen LogP contribution in [0.4, 0.5) is 0 Å².